The molecule has 1 N–H and O–H groups in total. The lowest BCUT2D eigenvalue weighted by Crippen LogP contribution is -2.50. The number of benzene rings is 1. The number of carbonyl (C=O) groups excluding carboxylic acids is 1. The fourth-order valence-corrected chi connectivity index (χ4v) is 3.60. The molecule has 2 heterocycles. The predicted octanol–water partition coefficient (Wildman–Crippen LogP) is 2.65. The maximum absolute atomic E-state index is 12.3. The monoisotopic (exact) mass is 345 g/mol. The lowest BCUT2D eigenvalue weighted by Gasteiger charge is -2.33. The van der Waals surface area contributed by atoms with Crippen LogP contribution >= 0.6 is 11.3 Å². The average molecular weight is 345 g/mol. The smallest absolute Gasteiger partial charge is 0.317 e. The van der Waals surface area contributed by atoms with Crippen LogP contribution in [0.1, 0.15) is 15.4 Å². The molecule has 128 valence electrons. The molecule has 0 spiro atoms. The molecule has 1 saturated heterocycles. The molecule has 1 aromatic heterocycles. The highest BCUT2D eigenvalue weighted by molar-refractivity contribution is 7.11. The van der Waals surface area contributed by atoms with Gasteiger partial charge in [-0.2, -0.15) is 0 Å². The Kier molecular flexibility index (Phi) is 5.82. The van der Waals surface area contributed by atoms with Crippen molar-refractivity contribution in [1.82, 2.24) is 15.2 Å². The number of thiazole rings is 1. The summed E-state index contributed by atoms with van der Waals surface area (Å²) in [7, 11) is 0. The van der Waals surface area contributed by atoms with Crippen molar-refractivity contribution in [2.45, 2.75) is 25.9 Å². The van der Waals surface area contributed by atoms with Gasteiger partial charge in [-0.3, -0.25) is 0 Å². The standard InChI is InChI=1S/C18H23N3O2S/c1-14-12-20-17(24-14)7-8-19-18(22)21-9-10-23-16(13-21)11-15-5-3-2-4-6-15/h2-6,12,16H,7-11,13H2,1H3,(H,19,22). The first kappa shape index (κ1) is 16.9. The molecule has 2 amide bonds. The molecule has 1 aliphatic rings. The summed E-state index contributed by atoms with van der Waals surface area (Å²) in [5.41, 5.74) is 1.24. The van der Waals surface area contributed by atoms with E-state index >= 15 is 0 Å². The fourth-order valence-electron chi connectivity index (χ4n) is 2.81. The quantitative estimate of drug-likeness (QED) is 0.906. The van der Waals surface area contributed by atoms with Gasteiger partial charge in [0.2, 0.25) is 0 Å². The second-order valence-corrected chi connectivity index (χ2v) is 7.29. The Morgan fingerprint density at radius 3 is 3.00 bits per heavy atom. The molecule has 24 heavy (non-hydrogen) atoms. The minimum atomic E-state index is -0.00959. The van der Waals surface area contributed by atoms with Crippen LogP contribution in [0.5, 0.6) is 0 Å². The molecule has 5 nitrogen and oxygen atoms in total. The van der Waals surface area contributed by atoms with E-state index in [4.69, 9.17) is 4.74 Å². The summed E-state index contributed by atoms with van der Waals surface area (Å²) >= 11 is 1.68. The van der Waals surface area contributed by atoms with Crippen LogP contribution in [-0.4, -0.2) is 48.3 Å². The number of aryl methyl sites for hydroxylation is 1. The predicted molar refractivity (Wildman–Crippen MR) is 95.4 cm³/mol. The van der Waals surface area contributed by atoms with Crippen molar-refractivity contribution >= 4 is 17.4 Å². The van der Waals surface area contributed by atoms with Crippen LogP contribution in [0.2, 0.25) is 0 Å². The molecular formula is C18H23N3O2S. The van der Waals surface area contributed by atoms with E-state index in [2.05, 4.69) is 22.4 Å². The van der Waals surface area contributed by atoms with Crippen LogP contribution < -0.4 is 5.32 Å². The maximum atomic E-state index is 12.3. The molecule has 0 aliphatic carbocycles. The average Bonchev–Trinajstić information content (AvgIpc) is 3.01. The number of amides is 2. The van der Waals surface area contributed by atoms with E-state index in [9.17, 15) is 4.79 Å². The van der Waals surface area contributed by atoms with Gasteiger partial charge in [0, 0.05) is 43.5 Å². The van der Waals surface area contributed by atoms with Crippen LogP contribution in [0.4, 0.5) is 4.79 Å². The number of ether oxygens (including phenoxy) is 1. The zero-order valence-electron chi connectivity index (χ0n) is 13.9. The van der Waals surface area contributed by atoms with Gasteiger partial charge in [0.1, 0.15) is 0 Å². The van der Waals surface area contributed by atoms with Gasteiger partial charge >= 0.3 is 6.03 Å². The van der Waals surface area contributed by atoms with Crippen LogP contribution in [-0.2, 0) is 17.6 Å². The lowest BCUT2D eigenvalue weighted by atomic mass is 10.1. The van der Waals surface area contributed by atoms with Crippen molar-refractivity contribution < 1.29 is 9.53 Å². The lowest BCUT2D eigenvalue weighted by molar-refractivity contribution is -0.0132. The minimum Gasteiger partial charge on any atom is -0.374 e. The number of morpholine rings is 1. The Labute approximate surface area is 146 Å². The van der Waals surface area contributed by atoms with Crippen molar-refractivity contribution in [2.24, 2.45) is 0 Å². The van der Waals surface area contributed by atoms with E-state index in [0.717, 1.165) is 17.8 Å². The Morgan fingerprint density at radius 2 is 2.25 bits per heavy atom. The number of nitrogens with one attached hydrogen (secondary N) is 1. The van der Waals surface area contributed by atoms with Crippen LogP contribution in [0, 0.1) is 6.92 Å². The summed E-state index contributed by atoms with van der Waals surface area (Å²) in [4.78, 5) is 19.7. The summed E-state index contributed by atoms with van der Waals surface area (Å²) in [5, 5.41) is 4.06. The minimum absolute atomic E-state index is 0.00959. The molecule has 2 aromatic rings. The number of hydrogen-bond donors (Lipinski definition) is 1. The Hall–Kier alpha value is -1.92. The third kappa shape index (κ3) is 4.79. The van der Waals surface area contributed by atoms with Crippen molar-refractivity contribution in [3.63, 3.8) is 0 Å². The van der Waals surface area contributed by atoms with Crippen molar-refractivity contribution in [2.75, 3.05) is 26.2 Å². The van der Waals surface area contributed by atoms with Gasteiger partial charge in [0.05, 0.1) is 17.7 Å². The molecule has 1 fully saturated rings. The first-order chi connectivity index (χ1) is 11.7. The van der Waals surface area contributed by atoms with E-state index in [1.165, 1.54) is 10.4 Å². The van der Waals surface area contributed by atoms with E-state index < -0.39 is 0 Å². The Balaban J connectivity index is 1.44. The summed E-state index contributed by atoms with van der Waals surface area (Å²) < 4.78 is 5.81. The largest absolute Gasteiger partial charge is 0.374 e. The SMILES string of the molecule is Cc1cnc(CCNC(=O)N2CCOC(Cc3ccccc3)C2)s1. The highest BCUT2D eigenvalue weighted by atomic mass is 32.1. The highest BCUT2D eigenvalue weighted by Crippen LogP contribution is 2.13. The molecule has 0 radical (unpaired) electrons. The van der Waals surface area contributed by atoms with Crippen molar-refractivity contribution in [1.29, 1.82) is 0 Å². The van der Waals surface area contributed by atoms with Gasteiger partial charge in [-0.05, 0) is 12.5 Å². The van der Waals surface area contributed by atoms with Gasteiger partial charge < -0.3 is 15.0 Å². The van der Waals surface area contributed by atoms with Gasteiger partial charge in [-0.15, -0.1) is 11.3 Å². The normalized spacial score (nSPS) is 17.7. The van der Waals surface area contributed by atoms with E-state index in [0.29, 0.717) is 26.2 Å². The zero-order valence-corrected chi connectivity index (χ0v) is 14.7. The number of aromatic nitrogens is 1. The maximum Gasteiger partial charge on any atom is 0.317 e. The molecule has 6 heteroatoms. The molecule has 1 atom stereocenters. The second kappa shape index (κ2) is 8.26. The Bertz CT molecular complexity index is 659. The second-order valence-electron chi connectivity index (χ2n) is 5.98. The first-order valence-corrected chi connectivity index (χ1v) is 9.12. The molecular weight excluding hydrogens is 322 g/mol. The number of carbonyl (C=O) groups is 1. The molecule has 1 unspecified atom stereocenters. The zero-order chi connectivity index (χ0) is 16.8. The summed E-state index contributed by atoms with van der Waals surface area (Å²) in [6, 6.07) is 10.3. The highest BCUT2D eigenvalue weighted by Gasteiger charge is 2.24. The van der Waals surface area contributed by atoms with Crippen LogP contribution in [0.3, 0.4) is 0 Å². The van der Waals surface area contributed by atoms with Gasteiger partial charge in [-0.1, -0.05) is 30.3 Å². The van der Waals surface area contributed by atoms with Gasteiger partial charge in [-0.25, -0.2) is 9.78 Å². The summed E-state index contributed by atoms with van der Waals surface area (Å²) in [5.74, 6) is 0. The summed E-state index contributed by atoms with van der Waals surface area (Å²) in [6.07, 6.45) is 3.55. The molecule has 0 saturated carbocycles. The third-order valence-electron chi connectivity index (χ3n) is 4.02. The molecule has 1 aromatic carbocycles. The molecule has 0 bridgehead atoms. The van der Waals surface area contributed by atoms with Crippen LogP contribution in [0.25, 0.3) is 0 Å². The number of hydrogen-bond acceptors (Lipinski definition) is 4. The third-order valence-corrected chi connectivity index (χ3v) is 4.99. The van der Waals surface area contributed by atoms with Gasteiger partial charge in [0.25, 0.3) is 0 Å². The number of nitrogens with zero attached hydrogens (tertiary/aromatic N) is 2. The van der Waals surface area contributed by atoms with Crippen molar-refractivity contribution in [3.8, 4) is 0 Å². The fraction of sp³-hybridized carbons (Fsp3) is 0.444. The Morgan fingerprint density at radius 1 is 1.42 bits per heavy atom. The number of rotatable bonds is 5. The summed E-state index contributed by atoms with van der Waals surface area (Å²) in [6.45, 7) is 4.54. The molecule has 1 aliphatic heterocycles. The van der Waals surface area contributed by atoms with Gasteiger partial charge in [0.15, 0.2) is 0 Å². The van der Waals surface area contributed by atoms with E-state index in [1.54, 1.807) is 11.3 Å². The number of urea groups is 1. The van der Waals surface area contributed by atoms with E-state index in [1.807, 2.05) is 36.2 Å². The van der Waals surface area contributed by atoms with Crippen LogP contribution in [0.15, 0.2) is 36.5 Å². The first-order valence-electron chi connectivity index (χ1n) is 8.30. The molecule has 3 rings (SSSR count). The van der Waals surface area contributed by atoms with Crippen molar-refractivity contribution in [3.05, 3.63) is 52.0 Å². The van der Waals surface area contributed by atoms with E-state index in [-0.39, 0.29) is 12.1 Å². The topological polar surface area (TPSA) is 54.5 Å².